The molecule has 4 aliphatic rings. The molecular weight excluding hydrogens is 294 g/mol. The van der Waals surface area contributed by atoms with E-state index < -0.39 is 33.2 Å². The zero-order valence-corrected chi connectivity index (χ0v) is 11.7. The molecule has 20 heavy (non-hydrogen) atoms. The molecule has 4 bridgehead atoms. The second-order valence-corrected chi connectivity index (χ2v) is 8.34. The van der Waals surface area contributed by atoms with Crippen molar-refractivity contribution in [2.45, 2.75) is 49.6 Å². The van der Waals surface area contributed by atoms with Crippen molar-refractivity contribution in [2.24, 2.45) is 17.3 Å². The Morgan fingerprint density at radius 3 is 2.20 bits per heavy atom. The summed E-state index contributed by atoms with van der Waals surface area (Å²) in [6.45, 7) is -0.449. The van der Waals surface area contributed by atoms with Gasteiger partial charge in [0.15, 0.2) is 0 Å². The lowest BCUT2D eigenvalue weighted by atomic mass is 9.48. The van der Waals surface area contributed by atoms with E-state index in [0.29, 0.717) is 43.9 Å². The van der Waals surface area contributed by atoms with Crippen molar-refractivity contribution in [1.29, 1.82) is 0 Å². The number of rotatable bonds is 4. The van der Waals surface area contributed by atoms with E-state index in [4.69, 9.17) is 4.55 Å². The molecule has 0 heterocycles. The molecule has 0 radical (unpaired) electrons. The summed E-state index contributed by atoms with van der Waals surface area (Å²) in [5.74, 6) is 0.591. The summed E-state index contributed by atoms with van der Waals surface area (Å²) in [7, 11) is -5.57. The van der Waals surface area contributed by atoms with Crippen LogP contribution in [0.5, 0.6) is 0 Å². The molecule has 0 saturated heterocycles. The van der Waals surface area contributed by atoms with E-state index in [-0.39, 0.29) is 0 Å². The fourth-order valence-electron chi connectivity index (χ4n) is 4.88. The molecule has 4 fully saturated rings. The number of hydrogen-bond donors (Lipinski definition) is 2. The molecule has 2 unspecified atom stereocenters. The molecule has 2 atom stereocenters. The third kappa shape index (κ3) is 2.36. The Balaban J connectivity index is 1.75. The lowest BCUT2D eigenvalue weighted by molar-refractivity contribution is -0.233. The third-order valence-corrected chi connectivity index (χ3v) is 5.72. The lowest BCUT2D eigenvalue weighted by Gasteiger charge is -2.60. The van der Waals surface area contributed by atoms with Gasteiger partial charge in [-0.05, 0) is 55.8 Å². The van der Waals surface area contributed by atoms with Crippen molar-refractivity contribution in [1.82, 2.24) is 0 Å². The van der Waals surface area contributed by atoms with Crippen molar-refractivity contribution in [3.05, 3.63) is 0 Å². The van der Waals surface area contributed by atoms with Crippen LogP contribution in [0.15, 0.2) is 0 Å². The second kappa shape index (κ2) is 4.12. The molecule has 8 heteroatoms. The van der Waals surface area contributed by atoms with Crippen LogP contribution in [0.1, 0.15) is 38.5 Å². The van der Waals surface area contributed by atoms with Gasteiger partial charge in [-0.25, -0.2) is 0 Å². The van der Waals surface area contributed by atoms with Gasteiger partial charge >= 0.3 is 15.6 Å². The molecule has 116 valence electrons. The minimum absolute atomic E-state index is 0.296. The highest BCUT2D eigenvalue weighted by Gasteiger charge is 2.58. The Morgan fingerprint density at radius 1 is 1.20 bits per heavy atom. The van der Waals surface area contributed by atoms with Gasteiger partial charge in [0.1, 0.15) is 0 Å². The predicted molar refractivity (Wildman–Crippen MR) is 64.5 cm³/mol. The predicted octanol–water partition coefficient (Wildman–Crippen LogP) is 1.77. The average molecular weight is 312 g/mol. The summed E-state index contributed by atoms with van der Waals surface area (Å²) in [4.78, 5) is 0. The summed E-state index contributed by atoms with van der Waals surface area (Å²) in [6.07, 6.45) is 4.11. The maximum Gasteiger partial charge on any atom is 0.487 e. The van der Waals surface area contributed by atoms with Crippen molar-refractivity contribution in [3.8, 4) is 0 Å². The largest absolute Gasteiger partial charge is 0.487 e. The van der Waals surface area contributed by atoms with Gasteiger partial charge in [-0.15, -0.1) is 0 Å². The molecule has 0 aromatic rings. The summed E-state index contributed by atoms with van der Waals surface area (Å²) in [5.41, 5.74) is -5.99. The Morgan fingerprint density at radius 2 is 1.75 bits per heavy atom. The Bertz CT molecular complexity index is 504. The first-order valence-corrected chi connectivity index (χ1v) is 8.18. The molecular formula is C12H18F2O5S. The van der Waals surface area contributed by atoms with Crippen molar-refractivity contribution < 1.29 is 31.6 Å². The number of halogens is 2. The van der Waals surface area contributed by atoms with Crippen LogP contribution in [0, 0.1) is 17.3 Å². The average Bonchev–Trinajstić information content (AvgIpc) is 2.21. The van der Waals surface area contributed by atoms with Crippen LogP contribution in [0.2, 0.25) is 0 Å². The van der Waals surface area contributed by atoms with Crippen LogP contribution in [0.4, 0.5) is 8.78 Å². The van der Waals surface area contributed by atoms with Gasteiger partial charge in [-0.3, -0.25) is 4.55 Å². The Hall–Kier alpha value is -0.310. The minimum atomic E-state index is -5.57. The standard InChI is InChI=1S/C12H18F2O5S/c13-12(14,20(16,17)18)19-7-10-2-8-1-9(3-10)5-11(15,4-8)6-10/h8-9,15H,1-7H2,(H,16,17,18). The smallest absolute Gasteiger partial charge is 0.390 e. The van der Waals surface area contributed by atoms with Crippen molar-refractivity contribution in [2.75, 3.05) is 6.61 Å². The number of aliphatic hydroxyl groups is 1. The summed E-state index contributed by atoms with van der Waals surface area (Å²) in [5, 5.41) is 10.4. The van der Waals surface area contributed by atoms with Gasteiger partial charge in [0.05, 0.1) is 12.2 Å². The van der Waals surface area contributed by atoms with E-state index in [1.54, 1.807) is 0 Å². The van der Waals surface area contributed by atoms with Crippen LogP contribution >= 0.6 is 0 Å². The number of hydrogen-bond acceptors (Lipinski definition) is 4. The molecule has 0 aliphatic heterocycles. The molecule has 0 spiro atoms. The van der Waals surface area contributed by atoms with E-state index in [1.807, 2.05) is 0 Å². The van der Waals surface area contributed by atoms with Gasteiger partial charge in [0, 0.05) is 0 Å². The van der Waals surface area contributed by atoms with Crippen molar-refractivity contribution in [3.63, 3.8) is 0 Å². The monoisotopic (exact) mass is 312 g/mol. The lowest BCUT2D eigenvalue weighted by Crippen LogP contribution is -2.57. The topological polar surface area (TPSA) is 83.8 Å². The molecule has 4 saturated carbocycles. The highest BCUT2D eigenvalue weighted by atomic mass is 32.2. The highest BCUT2D eigenvalue weighted by molar-refractivity contribution is 7.86. The van der Waals surface area contributed by atoms with Crippen LogP contribution in [0.25, 0.3) is 0 Å². The molecule has 4 rings (SSSR count). The van der Waals surface area contributed by atoms with Crippen molar-refractivity contribution >= 4 is 10.1 Å². The van der Waals surface area contributed by atoms with Gasteiger partial charge in [0.2, 0.25) is 0 Å². The molecule has 0 aromatic carbocycles. The van der Waals surface area contributed by atoms with E-state index in [2.05, 4.69) is 4.74 Å². The van der Waals surface area contributed by atoms with Gasteiger partial charge in [-0.2, -0.15) is 17.2 Å². The van der Waals surface area contributed by atoms with Crippen LogP contribution in [-0.4, -0.2) is 35.7 Å². The van der Waals surface area contributed by atoms with Gasteiger partial charge < -0.3 is 9.84 Å². The highest BCUT2D eigenvalue weighted by Crippen LogP contribution is 2.61. The molecule has 0 amide bonds. The fourth-order valence-corrected chi connectivity index (χ4v) is 5.09. The minimum Gasteiger partial charge on any atom is -0.390 e. The number of ether oxygens (including phenoxy) is 1. The summed E-state index contributed by atoms with van der Waals surface area (Å²) < 4.78 is 60.2. The Labute approximate surface area is 116 Å². The Kier molecular flexibility index (Phi) is 3.01. The van der Waals surface area contributed by atoms with Gasteiger partial charge in [-0.1, -0.05) is 0 Å². The third-order valence-electron chi connectivity index (χ3n) is 5.00. The second-order valence-electron chi connectivity index (χ2n) is 6.91. The fraction of sp³-hybridized carbons (Fsp3) is 1.00. The first-order chi connectivity index (χ1) is 9.03. The SMILES string of the molecule is O=S(=O)(O)C(F)(F)OCC12CC3CC(CC(O)(C3)C1)C2. The summed E-state index contributed by atoms with van der Waals surface area (Å²) in [6, 6.07) is 0. The quantitative estimate of drug-likeness (QED) is 0.773. The molecule has 5 nitrogen and oxygen atoms in total. The maximum atomic E-state index is 13.2. The first-order valence-electron chi connectivity index (χ1n) is 6.74. The maximum absolute atomic E-state index is 13.2. The molecule has 4 aliphatic carbocycles. The van der Waals surface area contributed by atoms with Crippen LogP contribution in [-0.2, 0) is 14.9 Å². The van der Waals surface area contributed by atoms with Gasteiger partial charge in [0.25, 0.3) is 0 Å². The van der Waals surface area contributed by atoms with E-state index in [0.717, 1.165) is 6.42 Å². The summed E-state index contributed by atoms with van der Waals surface area (Å²) >= 11 is 0. The molecule has 2 N–H and O–H groups in total. The van der Waals surface area contributed by atoms with E-state index >= 15 is 0 Å². The van der Waals surface area contributed by atoms with Crippen LogP contribution < -0.4 is 0 Å². The normalized spacial score (nSPS) is 44.0. The molecule has 0 aromatic heterocycles. The first kappa shape index (κ1) is 14.6. The van der Waals surface area contributed by atoms with E-state index in [1.165, 1.54) is 0 Å². The van der Waals surface area contributed by atoms with E-state index in [9.17, 15) is 22.3 Å². The van der Waals surface area contributed by atoms with Crippen LogP contribution in [0.3, 0.4) is 0 Å². The number of alkyl halides is 2. The zero-order chi connectivity index (χ0) is 14.8. The zero-order valence-electron chi connectivity index (χ0n) is 10.9.